The van der Waals surface area contributed by atoms with Crippen LogP contribution in [0.15, 0.2) is 53.3 Å². The van der Waals surface area contributed by atoms with Gasteiger partial charge in [0.15, 0.2) is 5.82 Å². The third-order valence-electron chi connectivity index (χ3n) is 6.31. The summed E-state index contributed by atoms with van der Waals surface area (Å²) in [5.74, 6) is 1.98. The van der Waals surface area contributed by atoms with E-state index in [1.54, 1.807) is 11.6 Å². The smallest absolute Gasteiger partial charge is 0.262 e. The summed E-state index contributed by atoms with van der Waals surface area (Å²) in [5, 5.41) is 10.7. The molecule has 0 spiro atoms. The van der Waals surface area contributed by atoms with Crippen LogP contribution in [0.4, 0.5) is 0 Å². The molecule has 1 fully saturated rings. The number of para-hydroxylation sites is 2. The standard InChI is InChI=1S/C23H22N6OS/c1-27-22(30)16-6-2-4-8-18(16)29-20(25-26-23(27)29)14-28-12-10-15(11-13-28)21-24-17-7-3-5-9-19(17)31-21/h2-9,15H,10-14H2,1H3. The van der Waals surface area contributed by atoms with Crippen LogP contribution in [0.2, 0.25) is 0 Å². The molecule has 0 aliphatic carbocycles. The van der Waals surface area contributed by atoms with E-state index in [0.717, 1.165) is 49.3 Å². The summed E-state index contributed by atoms with van der Waals surface area (Å²) >= 11 is 1.83. The van der Waals surface area contributed by atoms with E-state index in [1.165, 1.54) is 9.71 Å². The number of aryl methyl sites for hydroxylation is 1. The third-order valence-corrected chi connectivity index (χ3v) is 7.50. The van der Waals surface area contributed by atoms with Crippen LogP contribution in [0.3, 0.4) is 0 Å². The highest BCUT2D eigenvalue weighted by Crippen LogP contribution is 2.34. The van der Waals surface area contributed by atoms with Gasteiger partial charge >= 0.3 is 0 Å². The average molecular weight is 431 g/mol. The minimum absolute atomic E-state index is 0.0429. The van der Waals surface area contributed by atoms with Crippen molar-refractivity contribution >= 4 is 38.2 Å². The van der Waals surface area contributed by atoms with E-state index in [4.69, 9.17) is 4.98 Å². The number of nitrogens with zero attached hydrogens (tertiary/aromatic N) is 6. The highest BCUT2D eigenvalue weighted by molar-refractivity contribution is 7.18. The molecule has 0 bridgehead atoms. The minimum atomic E-state index is -0.0429. The Morgan fingerprint density at radius 2 is 1.81 bits per heavy atom. The zero-order chi connectivity index (χ0) is 20.9. The van der Waals surface area contributed by atoms with Crippen molar-refractivity contribution in [2.24, 2.45) is 7.05 Å². The van der Waals surface area contributed by atoms with Gasteiger partial charge in [-0.3, -0.25) is 18.7 Å². The number of aromatic nitrogens is 5. The lowest BCUT2D eigenvalue weighted by atomic mass is 9.97. The summed E-state index contributed by atoms with van der Waals surface area (Å²) in [6.45, 7) is 2.72. The highest BCUT2D eigenvalue weighted by Gasteiger charge is 2.25. The first-order chi connectivity index (χ1) is 15.2. The molecule has 0 radical (unpaired) electrons. The van der Waals surface area contributed by atoms with Crippen molar-refractivity contribution in [3.63, 3.8) is 0 Å². The Labute approximate surface area is 182 Å². The Morgan fingerprint density at radius 1 is 1.03 bits per heavy atom. The lowest BCUT2D eigenvalue weighted by Crippen LogP contribution is -2.33. The van der Waals surface area contributed by atoms with Gasteiger partial charge in [0.1, 0.15) is 0 Å². The van der Waals surface area contributed by atoms with Gasteiger partial charge in [0.2, 0.25) is 5.78 Å². The van der Waals surface area contributed by atoms with Gasteiger partial charge in [-0.2, -0.15) is 0 Å². The molecular weight excluding hydrogens is 408 g/mol. The Morgan fingerprint density at radius 3 is 2.65 bits per heavy atom. The normalized spacial score (nSPS) is 16.0. The van der Waals surface area contributed by atoms with Gasteiger partial charge in [-0.1, -0.05) is 24.3 Å². The second-order valence-corrected chi connectivity index (χ2v) is 9.27. The molecule has 7 nitrogen and oxygen atoms in total. The van der Waals surface area contributed by atoms with E-state index in [-0.39, 0.29) is 5.56 Å². The number of hydrogen-bond acceptors (Lipinski definition) is 6. The average Bonchev–Trinajstić information content (AvgIpc) is 3.43. The molecule has 1 saturated heterocycles. The van der Waals surface area contributed by atoms with Crippen LogP contribution in [0.1, 0.15) is 29.6 Å². The van der Waals surface area contributed by atoms with Gasteiger partial charge < -0.3 is 0 Å². The summed E-state index contributed by atoms with van der Waals surface area (Å²) in [7, 11) is 1.76. The molecule has 31 heavy (non-hydrogen) atoms. The van der Waals surface area contributed by atoms with Crippen LogP contribution in [-0.2, 0) is 13.6 Å². The number of thiazole rings is 1. The predicted molar refractivity (Wildman–Crippen MR) is 123 cm³/mol. The molecule has 156 valence electrons. The maximum Gasteiger partial charge on any atom is 0.262 e. The van der Waals surface area contributed by atoms with Crippen LogP contribution in [-0.4, -0.2) is 42.1 Å². The van der Waals surface area contributed by atoms with Crippen LogP contribution in [0.5, 0.6) is 0 Å². The highest BCUT2D eigenvalue weighted by atomic mass is 32.1. The summed E-state index contributed by atoms with van der Waals surface area (Å²) in [4.78, 5) is 19.9. The van der Waals surface area contributed by atoms with Crippen molar-refractivity contribution in [3.8, 4) is 0 Å². The maximum atomic E-state index is 12.6. The molecule has 0 saturated carbocycles. The number of benzene rings is 2. The number of likely N-dealkylation sites (tertiary alicyclic amines) is 1. The maximum absolute atomic E-state index is 12.6. The van der Waals surface area contributed by atoms with Gasteiger partial charge in [-0.25, -0.2) is 4.98 Å². The van der Waals surface area contributed by atoms with E-state index in [9.17, 15) is 4.79 Å². The van der Waals surface area contributed by atoms with E-state index in [2.05, 4.69) is 39.4 Å². The van der Waals surface area contributed by atoms with Crippen LogP contribution in [0.25, 0.3) is 26.9 Å². The fraction of sp³-hybridized carbons (Fsp3) is 0.304. The van der Waals surface area contributed by atoms with Crippen LogP contribution in [0, 0.1) is 0 Å². The molecule has 1 aliphatic heterocycles. The topological polar surface area (TPSA) is 68.3 Å². The quantitative estimate of drug-likeness (QED) is 0.438. The largest absolute Gasteiger partial charge is 0.296 e. The lowest BCUT2D eigenvalue weighted by molar-refractivity contribution is 0.200. The van der Waals surface area contributed by atoms with Crippen molar-refractivity contribution in [1.82, 2.24) is 29.0 Å². The SMILES string of the molecule is Cn1c(=O)c2ccccc2n2c(CN3CCC(c4nc5ccccc5s4)CC3)nnc12. The zero-order valence-electron chi connectivity index (χ0n) is 17.2. The zero-order valence-corrected chi connectivity index (χ0v) is 18.0. The van der Waals surface area contributed by atoms with Gasteiger partial charge in [0.25, 0.3) is 5.56 Å². The fourth-order valence-corrected chi connectivity index (χ4v) is 5.73. The summed E-state index contributed by atoms with van der Waals surface area (Å²) in [6, 6.07) is 16.1. The Bertz CT molecular complexity index is 1440. The molecule has 8 heteroatoms. The van der Waals surface area contributed by atoms with Crippen molar-refractivity contribution in [1.29, 1.82) is 0 Å². The van der Waals surface area contributed by atoms with Gasteiger partial charge in [-0.15, -0.1) is 21.5 Å². The molecule has 2 aromatic carbocycles. The first-order valence-corrected chi connectivity index (χ1v) is 11.4. The fourth-order valence-electron chi connectivity index (χ4n) is 4.60. The number of rotatable bonds is 3. The Balaban J connectivity index is 1.26. The second-order valence-electron chi connectivity index (χ2n) is 8.20. The molecule has 0 unspecified atom stereocenters. The summed E-state index contributed by atoms with van der Waals surface area (Å²) < 4.78 is 4.88. The molecule has 4 heterocycles. The molecule has 3 aromatic heterocycles. The first-order valence-electron chi connectivity index (χ1n) is 10.6. The molecule has 1 aliphatic rings. The molecule has 6 rings (SSSR count). The molecule has 0 atom stereocenters. The minimum Gasteiger partial charge on any atom is -0.296 e. The Hall–Kier alpha value is -3.10. The number of fused-ring (bicyclic) bond motifs is 4. The lowest BCUT2D eigenvalue weighted by Gasteiger charge is -2.30. The summed E-state index contributed by atoms with van der Waals surface area (Å²) in [5.41, 5.74) is 1.93. The molecule has 0 N–H and O–H groups in total. The molecule has 0 amide bonds. The number of piperidine rings is 1. The van der Waals surface area contributed by atoms with Gasteiger partial charge in [-0.05, 0) is 50.2 Å². The van der Waals surface area contributed by atoms with Crippen molar-refractivity contribution in [3.05, 3.63) is 69.7 Å². The molecular formula is C23H22N6OS. The predicted octanol–water partition coefficient (Wildman–Crippen LogP) is 3.57. The first kappa shape index (κ1) is 18.7. The van der Waals surface area contributed by atoms with Gasteiger partial charge in [0, 0.05) is 13.0 Å². The van der Waals surface area contributed by atoms with E-state index < -0.39 is 0 Å². The van der Waals surface area contributed by atoms with E-state index >= 15 is 0 Å². The van der Waals surface area contributed by atoms with Crippen molar-refractivity contribution in [2.45, 2.75) is 25.3 Å². The summed E-state index contributed by atoms with van der Waals surface area (Å²) in [6.07, 6.45) is 2.19. The van der Waals surface area contributed by atoms with Crippen molar-refractivity contribution in [2.75, 3.05) is 13.1 Å². The van der Waals surface area contributed by atoms with E-state index in [0.29, 0.717) is 17.1 Å². The van der Waals surface area contributed by atoms with E-state index in [1.807, 2.05) is 40.0 Å². The van der Waals surface area contributed by atoms with Gasteiger partial charge in [0.05, 0.1) is 32.7 Å². The van der Waals surface area contributed by atoms with Crippen LogP contribution < -0.4 is 5.56 Å². The van der Waals surface area contributed by atoms with Crippen molar-refractivity contribution < 1.29 is 0 Å². The number of hydrogen-bond donors (Lipinski definition) is 0. The second kappa shape index (κ2) is 7.25. The molecule has 5 aromatic rings. The Kier molecular flexibility index (Phi) is 4.36. The van der Waals surface area contributed by atoms with Crippen LogP contribution >= 0.6 is 11.3 Å². The third kappa shape index (κ3) is 3.05. The monoisotopic (exact) mass is 430 g/mol.